The molecule has 2 saturated carbocycles. The van der Waals surface area contributed by atoms with Gasteiger partial charge in [-0.25, -0.2) is 0 Å². The maximum Gasteiger partial charge on any atom is 0.246 e. The number of carbonyl (C=O) groups is 1. The van der Waals surface area contributed by atoms with Crippen LogP contribution in [0.25, 0.3) is 0 Å². The molecule has 1 amide bonds. The van der Waals surface area contributed by atoms with Crippen LogP contribution in [0.15, 0.2) is 18.2 Å². The highest BCUT2D eigenvalue weighted by Crippen LogP contribution is 2.54. The molecule has 4 nitrogen and oxygen atoms in total. The molecule has 20 heavy (non-hydrogen) atoms. The molecule has 2 aliphatic carbocycles. The lowest BCUT2D eigenvalue weighted by atomic mass is 10.0. The molecule has 0 radical (unpaired) electrons. The number of fused-ring (bicyclic) bond motifs is 2. The second-order valence-corrected chi connectivity index (χ2v) is 6.68. The molecule has 1 aromatic rings. The molecule has 4 heteroatoms. The molecule has 0 bridgehead atoms. The number of rotatable bonds is 2. The van der Waals surface area contributed by atoms with E-state index in [0.717, 1.165) is 36.1 Å². The second kappa shape index (κ2) is 3.90. The van der Waals surface area contributed by atoms with Gasteiger partial charge in [-0.05, 0) is 43.2 Å². The number of ether oxygens (including phenoxy) is 2. The Morgan fingerprint density at radius 1 is 1.15 bits per heavy atom. The van der Waals surface area contributed by atoms with Crippen LogP contribution in [0.1, 0.15) is 33.1 Å². The van der Waals surface area contributed by atoms with Gasteiger partial charge >= 0.3 is 0 Å². The third kappa shape index (κ3) is 2.03. The highest BCUT2D eigenvalue weighted by atomic mass is 16.7. The topological polar surface area (TPSA) is 47.6 Å². The first-order valence-electron chi connectivity index (χ1n) is 7.33. The molecule has 4 rings (SSSR count). The number of hydrogen-bond acceptors (Lipinski definition) is 3. The minimum atomic E-state index is -0.627. The first kappa shape index (κ1) is 12.1. The first-order valence-corrected chi connectivity index (χ1v) is 7.33. The van der Waals surface area contributed by atoms with Crippen LogP contribution in [-0.4, -0.2) is 11.7 Å². The van der Waals surface area contributed by atoms with Gasteiger partial charge in [-0.3, -0.25) is 4.79 Å². The normalized spacial score (nSPS) is 31.8. The summed E-state index contributed by atoms with van der Waals surface area (Å²) in [5.41, 5.74) is 0.788. The van der Waals surface area contributed by atoms with Crippen LogP contribution in [0.5, 0.6) is 11.5 Å². The molecule has 2 fully saturated rings. The average Bonchev–Trinajstić information content (AvgIpc) is 2.85. The van der Waals surface area contributed by atoms with E-state index in [-0.39, 0.29) is 11.8 Å². The minimum Gasteiger partial charge on any atom is -0.449 e. The fourth-order valence-corrected chi connectivity index (χ4v) is 3.47. The number of amides is 1. The zero-order valence-electron chi connectivity index (χ0n) is 11.8. The highest BCUT2D eigenvalue weighted by molar-refractivity contribution is 5.93. The van der Waals surface area contributed by atoms with Gasteiger partial charge in [-0.1, -0.05) is 0 Å². The Labute approximate surface area is 118 Å². The Morgan fingerprint density at radius 3 is 2.60 bits per heavy atom. The van der Waals surface area contributed by atoms with E-state index in [4.69, 9.17) is 9.47 Å². The van der Waals surface area contributed by atoms with Crippen molar-refractivity contribution in [3.8, 4) is 11.5 Å². The van der Waals surface area contributed by atoms with Crippen molar-refractivity contribution in [2.75, 3.05) is 5.32 Å². The van der Waals surface area contributed by atoms with Crippen LogP contribution in [0.2, 0.25) is 0 Å². The monoisotopic (exact) mass is 273 g/mol. The molecule has 0 spiro atoms. The molecule has 3 aliphatic rings. The van der Waals surface area contributed by atoms with Gasteiger partial charge in [0.2, 0.25) is 11.7 Å². The molecular weight excluding hydrogens is 254 g/mol. The standard InChI is InChI=1S/C16H19NO3/c1-16(2)19-13-4-3-12(8-14(13)20-16)17-15(18)11-6-9-5-10(9)7-11/h3-4,8-11H,5-7H2,1-2H3,(H,17,18). The van der Waals surface area contributed by atoms with E-state index in [1.54, 1.807) is 0 Å². The lowest BCUT2D eigenvalue weighted by molar-refractivity contribution is -0.120. The van der Waals surface area contributed by atoms with Gasteiger partial charge in [0.15, 0.2) is 11.5 Å². The third-order valence-corrected chi connectivity index (χ3v) is 4.54. The molecule has 1 heterocycles. The molecule has 1 aliphatic heterocycles. The molecule has 1 N–H and O–H groups in total. The van der Waals surface area contributed by atoms with Gasteiger partial charge in [0.25, 0.3) is 0 Å². The van der Waals surface area contributed by atoms with Crippen LogP contribution < -0.4 is 14.8 Å². The second-order valence-electron chi connectivity index (χ2n) is 6.68. The van der Waals surface area contributed by atoms with E-state index >= 15 is 0 Å². The predicted molar refractivity (Wildman–Crippen MR) is 74.7 cm³/mol. The molecule has 2 unspecified atom stereocenters. The zero-order valence-corrected chi connectivity index (χ0v) is 11.8. The van der Waals surface area contributed by atoms with E-state index in [2.05, 4.69) is 5.32 Å². The van der Waals surface area contributed by atoms with Crippen LogP contribution in [-0.2, 0) is 4.79 Å². The van der Waals surface area contributed by atoms with Gasteiger partial charge < -0.3 is 14.8 Å². The average molecular weight is 273 g/mol. The van der Waals surface area contributed by atoms with Crippen LogP contribution in [0, 0.1) is 17.8 Å². The molecule has 1 aromatic carbocycles. The van der Waals surface area contributed by atoms with Gasteiger partial charge in [0.1, 0.15) is 0 Å². The SMILES string of the molecule is CC1(C)Oc2ccc(NC(=O)C3CC4CC4C3)cc2O1. The van der Waals surface area contributed by atoms with Crippen molar-refractivity contribution in [3.05, 3.63) is 18.2 Å². The maximum absolute atomic E-state index is 12.2. The van der Waals surface area contributed by atoms with E-state index in [0.29, 0.717) is 5.75 Å². The van der Waals surface area contributed by atoms with Crippen LogP contribution >= 0.6 is 0 Å². The summed E-state index contributed by atoms with van der Waals surface area (Å²) in [7, 11) is 0. The summed E-state index contributed by atoms with van der Waals surface area (Å²) >= 11 is 0. The van der Waals surface area contributed by atoms with E-state index in [9.17, 15) is 4.79 Å². The zero-order chi connectivity index (χ0) is 13.9. The number of anilines is 1. The van der Waals surface area contributed by atoms with Crippen molar-refractivity contribution in [1.82, 2.24) is 0 Å². The Hall–Kier alpha value is -1.71. The number of nitrogens with one attached hydrogen (secondary N) is 1. The van der Waals surface area contributed by atoms with Crippen molar-refractivity contribution < 1.29 is 14.3 Å². The quantitative estimate of drug-likeness (QED) is 0.900. The Bertz CT molecular complexity index is 571. The van der Waals surface area contributed by atoms with Gasteiger partial charge in [0.05, 0.1) is 0 Å². The fourth-order valence-electron chi connectivity index (χ4n) is 3.47. The summed E-state index contributed by atoms with van der Waals surface area (Å²) in [5.74, 6) is 2.79. The van der Waals surface area contributed by atoms with E-state index in [1.165, 1.54) is 6.42 Å². The van der Waals surface area contributed by atoms with Crippen molar-refractivity contribution in [3.63, 3.8) is 0 Å². The van der Waals surface area contributed by atoms with Crippen molar-refractivity contribution in [1.29, 1.82) is 0 Å². The highest BCUT2D eigenvalue weighted by Gasteiger charge is 2.48. The molecule has 0 saturated heterocycles. The minimum absolute atomic E-state index is 0.148. The van der Waals surface area contributed by atoms with Crippen LogP contribution in [0.3, 0.4) is 0 Å². The van der Waals surface area contributed by atoms with Gasteiger partial charge in [-0.2, -0.15) is 0 Å². The number of hydrogen-bond donors (Lipinski definition) is 1. The summed E-state index contributed by atoms with van der Waals surface area (Å²) < 4.78 is 11.3. The smallest absolute Gasteiger partial charge is 0.246 e. The summed E-state index contributed by atoms with van der Waals surface area (Å²) in [6.45, 7) is 3.74. The van der Waals surface area contributed by atoms with Gasteiger partial charge in [-0.15, -0.1) is 0 Å². The van der Waals surface area contributed by atoms with Crippen molar-refractivity contribution in [2.45, 2.75) is 38.9 Å². The van der Waals surface area contributed by atoms with E-state index in [1.807, 2.05) is 32.0 Å². The number of benzene rings is 1. The molecular formula is C16H19NO3. The lowest BCUT2D eigenvalue weighted by Gasteiger charge is -2.16. The summed E-state index contributed by atoms with van der Waals surface area (Å²) in [6.07, 6.45) is 3.46. The van der Waals surface area contributed by atoms with Crippen LogP contribution in [0.4, 0.5) is 5.69 Å². The summed E-state index contributed by atoms with van der Waals surface area (Å²) in [5, 5.41) is 3.01. The molecule has 0 aromatic heterocycles. The summed E-state index contributed by atoms with van der Waals surface area (Å²) in [4.78, 5) is 12.2. The Morgan fingerprint density at radius 2 is 1.85 bits per heavy atom. The number of carbonyl (C=O) groups excluding carboxylic acids is 1. The lowest BCUT2D eigenvalue weighted by Crippen LogP contribution is -2.29. The predicted octanol–water partition coefficient (Wildman–Crippen LogP) is 3.18. The summed E-state index contributed by atoms with van der Waals surface area (Å²) in [6, 6.07) is 5.57. The largest absolute Gasteiger partial charge is 0.449 e. The Balaban J connectivity index is 1.46. The third-order valence-electron chi connectivity index (χ3n) is 4.54. The molecule has 106 valence electrons. The van der Waals surface area contributed by atoms with Crippen molar-refractivity contribution >= 4 is 11.6 Å². The van der Waals surface area contributed by atoms with Gasteiger partial charge in [0, 0.05) is 31.5 Å². The first-order chi connectivity index (χ1) is 9.50. The van der Waals surface area contributed by atoms with E-state index < -0.39 is 5.79 Å². The molecule has 2 atom stereocenters. The maximum atomic E-state index is 12.2. The van der Waals surface area contributed by atoms with Crippen molar-refractivity contribution in [2.24, 2.45) is 17.8 Å². The Kier molecular flexibility index (Phi) is 2.35. The fraction of sp³-hybridized carbons (Fsp3) is 0.562.